The minimum absolute atomic E-state index is 0.0657. The van der Waals surface area contributed by atoms with E-state index in [0.717, 1.165) is 70.0 Å². The van der Waals surface area contributed by atoms with Gasteiger partial charge < -0.3 is 30.0 Å². The summed E-state index contributed by atoms with van der Waals surface area (Å²) in [4.78, 5) is 60.4. The number of rotatable bonds is 8. The van der Waals surface area contributed by atoms with Gasteiger partial charge >= 0.3 is 0 Å². The van der Waals surface area contributed by atoms with Crippen molar-refractivity contribution in [3.05, 3.63) is 93.4 Å². The maximum Gasteiger partial charge on any atom is 0.254 e. The third-order valence-corrected chi connectivity index (χ3v) is 11.0. The number of pyridine rings is 1. The van der Waals surface area contributed by atoms with Crippen LogP contribution in [0.4, 0.5) is 21.6 Å². The average Bonchev–Trinajstić information content (AvgIpc) is 3.17. The molecule has 0 spiro atoms. The fourth-order valence-electron chi connectivity index (χ4n) is 7.59. The minimum atomic E-state index is -0.863. The molecule has 1 unspecified atom stereocenters. The van der Waals surface area contributed by atoms with E-state index in [4.69, 9.17) is 26.5 Å². The Labute approximate surface area is 320 Å². The highest BCUT2D eigenvalue weighted by Crippen LogP contribution is 2.33. The molecule has 2 aromatic heterocycles. The van der Waals surface area contributed by atoms with Gasteiger partial charge in [-0.15, -0.1) is 0 Å². The number of nitrogen functional groups attached to an aromatic ring is 1. The van der Waals surface area contributed by atoms with Gasteiger partial charge in [0.25, 0.3) is 5.91 Å². The van der Waals surface area contributed by atoms with Crippen LogP contribution in [0.3, 0.4) is 0 Å². The lowest BCUT2D eigenvalue weighted by Crippen LogP contribution is -2.52. The molecule has 3 aliphatic heterocycles. The Morgan fingerprint density at radius 3 is 2.38 bits per heavy atom. The summed E-state index contributed by atoms with van der Waals surface area (Å²) in [5, 5.41) is 5.27. The summed E-state index contributed by atoms with van der Waals surface area (Å²) >= 11 is 6.23. The van der Waals surface area contributed by atoms with Gasteiger partial charge in [-0.05, 0) is 79.8 Å². The topological polar surface area (TPSA) is 163 Å². The molecule has 3 aromatic carbocycles. The Balaban J connectivity index is 0.806. The summed E-state index contributed by atoms with van der Waals surface area (Å²) in [5.74, 6) is -0.831. The Morgan fingerprint density at radius 1 is 0.927 bits per heavy atom. The Kier molecular flexibility index (Phi) is 10.0. The molecule has 0 aliphatic carbocycles. The van der Waals surface area contributed by atoms with Crippen molar-refractivity contribution in [3.8, 4) is 11.5 Å². The zero-order chi connectivity index (χ0) is 38.2. The number of piperazine rings is 1. The first-order valence-electron chi connectivity index (χ1n) is 18.4. The Bertz CT molecular complexity index is 2360. The second-order valence-corrected chi connectivity index (χ2v) is 14.6. The SMILES string of the molecule is Nc1nc2c(=O)c3c(Cl)cccc3oc2cc1Oc1ccc(N2CCN(CC3CCN(c4ccc(C(=O)NC5CCC(=O)NC5=O)c(F)c4)CC3)CC2)cc1. The van der Waals surface area contributed by atoms with Crippen molar-refractivity contribution < 1.29 is 27.9 Å². The molecular weight excluding hydrogens is 729 g/mol. The number of nitrogens with one attached hydrogen (secondary N) is 2. The molecule has 0 bridgehead atoms. The predicted molar refractivity (Wildman–Crippen MR) is 207 cm³/mol. The van der Waals surface area contributed by atoms with Gasteiger partial charge in [0.2, 0.25) is 17.2 Å². The Morgan fingerprint density at radius 2 is 1.65 bits per heavy atom. The highest BCUT2D eigenvalue weighted by atomic mass is 35.5. The smallest absolute Gasteiger partial charge is 0.254 e. The zero-order valence-corrected chi connectivity index (χ0v) is 30.6. The summed E-state index contributed by atoms with van der Waals surface area (Å²) in [6.07, 6.45) is 2.28. The van der Waals surface area contributed by atoms with Crippen LogP contribution < -0.4 is 36.3 Å². The molecule has 3 fully saturated rings. The van der Waals surface area contributed by atoms with Crippen molar-refractivity contribution in [2.45, 2.75) is 31.7 Å². The summed E-state index contributed by atoms with van der Waals surface area (Å²) in [7, 11) is 0. The molecule has 5 heterocycles. The predicted octanol–water partition coefficient (Wildman–Crippen LogP) is 5.08. The summed E-state index contributed by atoms with van der Waals surface area (Å²) in [5.41, 5.74) is 8.21. The molecule has 8 rings (SSSR count). The van der Waals surface area contributed by atoms with E-state index < -0.39 is 23.7 Å². The quantitative estimate of drug-likeness (QED) is 0.143. The highest BCUT2D eigenvalue weighted by molar-refractivity contribution is 6.35. The van der Waals surface area contributed by atoms with E-state index in [2.05, 4.69) is 30.3 Å². The van der Waals surface area contributed by atoms with Crippen LogP contribution in [0, 0.1) is 11.7 Å². The number of hydrogen-bond acceptors (Lipinski definition) is 11. The van der Waals surface area contributed by atoms with Crippen molar-refractivity contribution in [1.82, 2.24) is 20.5 Å². The van der Waals surface area contributed by atoms with E-state index in [9.17, 15) is 19.2 Å². The number of carbonyl (C=O) groups excluding carboxylic acids is 3. The lowest BCUT2D eigenvalue weighted by Gasteiger charge is -2.40. The fraction of sp³-hybridized carbons (Fsp3) is 0.325. The van der Waals surface area contributed by atoms with Crippen molar-refractivity contribution in [1.29, 1.82) is 0 Å². The first kappa shape index (κ1) is 36.3. The van der Waals surface area contributed by atoms with Gasteiger partial charge in [0.1, 0.15) is 23.2 Å². The van der Waals surface area contributed by atoms with Crippen molar-refractivity contribution in [2.75, 3.05) is 61.3 Å². The average molecular weight is 768 g/mol. The summed E-state index contributed by atoms with van der Waals surface area (Å²) in [6.45, 7) is 6.25. The minimum Gasteiger partial charge on any atom is -0.454 e. The molecule has 3 aliphatic rings. The van der Waals surface area contributed by atoms with Crippen molar-refractivity contribution in [3.63, 3.8) is 0 Å². The highest BCUT2D eigenvalue weighted by Gasteiger charge is 2.30. The maximum atomic E-state index is 15.1. The molecule has 284 valence electrons. The van der Waals surface area contributed by atoms with Gasteiger partial charge in [-0.3, -0.25) is 29.4 Å². The van der Waals surface area contributed by atoms with Crippen LogP contribution in [0.25, 0.3) is 22.1 Å². The molecular formula is C40H39ClFN7O6. The number of anilines is 3. The number of imide groups is 1. The van der Waals surface area contributed by atoms with Gasteiger partial charge in [-0.2, -0.15) is 0 Å². The van der Waals surface area contributed by atoms with E-state index >= 15 is 4.39 Å². The number of fused-ring (bicyclic) bond motifs is 2. The van der Waals surface area contributed by atoms with Crippen LogP contribution in [0.2, 0.25) is 5.02 Å². The van der Waals surface area contributed by atoms with Gasteiger partial charge in [0.15, 0.2) is 22.7 Å². The number of aromatic nitrogens is 1. The largest absolute Gasteiger partial charge is 0.454 e. The number of piperidine rings is 2. The lowest BCUT2D eigenvalue weighted by atomic mass is 9.95. The molecule has 0 saturated carbocycles. The Hall–Kier alpha value is -5.73. The van der Waals surface area contributed by atoms with Gasteiger partial charge in [-0.25, -0.2) is 9.37 Å². The number of nitrogens with two attached hydrogens (primary N) is 1. The van der Waals surface area contributed by atoms with E-state index in [1.165, 1.54) is 12.1 Å². The second kappa shape index (κ2) is 15.2. The number of hydrogen-bond donors (Lipinski definition) is 3. The molecule has 3 saturated heterocycles. The number of halogens is 2. The van der Waals surface area contributed by atoms with Gasteiger partial charge in [-0.1, -0.05) is 17.7 Å². The normalized spacial score (nSPS) is 18.5. The van der Waals surface area contributed by atoms with Crippen molar-refractivity contribution >= 4 is 68.6 Å². The first-order valence-corrected chi connectivity index (χ1v) is 18.7. The molecule has 1 atom stereocenters. The molecule has 15 heteroatoms. The lowest BCUT2D eigenvalue weighted by molar-refractivity contribution is -0.134. The van der Waals surface area contributed by atoms with Crippen LogP contribution >= 0.6 is 11.6 Å². The third kappa shape index (κ3) is 7.64. The monoisotopic (exact) mass is 767 g/mol. The third-order valence-electron chi connectivity index (χ3n) is 10.7. The molecule has 13 nitrogen and oxygen atoms in total. The number of benzene rings is 3. The van der Waals surface area contributed by atoms with Crippen molar-refractivity contribution in [2.24, 2.45) is 5.92 Å². The van der Waals surface area contributed by atoms with Gasteiger partial charge in [0, 0.05) is 69.7 Å². The van der Waals surface area contributed by atoms with Crippen LogP contribution in [-0.2, 0) is 9.59 Å². The van der Waals surface area contributed by atoms with E-state index in [1.54, 1.807) is 30.3 Å². The molecule has 3 amide bonds. The fourth-order valence-corrected chi connectivity index (χ4v) is 7.84. The van der Waals surface area contributed by atoms with E-state index in [-0.39, 0.29) is 62.8 Å². The number of nitrogens with zero attached hydrogens (tertiary/aromatic N) is 4. The summed E-state index contributed by atoms with van der Waals surface area (Å²) < 4.78 is 27.0. The maximum absolute atomic E-state index is 15.1. The first-order chi connectivity index (χ1) is 26.6. The van der Waals surface area contributed by atoms with E-state index in [1.807, 2.05) is 24.3 Å². The zero-order valence-electron chi connectivity index (χ0n) is 29.9. The molecule has 4 N–H and O–H groups in total. The van der Waals surface area contributed by atoms with Crippen LogP contribution in [0.15, 0.2) is 75.9 Å². The van der Waals surface area contributed by atoms with Gasteiger partial charge in [0.05, 0.1) is 16.0 Å². The number of carbonyl (C=O) groups is 3. The second-order valence-electron chi connectivity index (χ2n) is 14.2. The van der Waals surface area contributed by atoms with E-state index in [0.29, 0.717) is 17.3 Å². The number of amides is 3. The molecule has 0 radical (unpaired) electrons. The number of ether oxygens (including phenoxy) is 1. The van der Waals surface area contributed by atoms with Crippen LogP contribution in [0.1, 0.15) is 36.0 Å². The van der Waals surface area contributed by atoms with Crippen LogP contribution in [0.5, 0.6) is 11.5 Å². The summed E-state index contributed by atoms with van der Waals surface area (Å²) in [6, 6.07) is 18.1. The molecule has 5 aromatic rings. The standard InChI is InChI=1S/C40H39ClFN7O6/c41-28-2-1-3-31-35(28)37(51)36-32(55-31)21-33(38(43)46-36)54-26-7-4-24(5-8-26)49-18-16-47(17-19-49)22-23-12-14-48(15-13-23)25-6-9-27(29(42)20-25)39(52)44-30-10-11-34(50)45-40(30)53/h1-9,20-21,23,30H,10-19,22H2,(H2,43,46)(H,44,52)(H,45,50,53). The molecule has 55 heavy (non-hydrogen) atoms. The van der Waals surface area contributed by atoms with Crippen LogP contribution in [-0.4, -0.2) is 79.5 Å².